The Balaban J connectivity index is 1.73. The predicted octanol–water partition coefficient (Wildman–Crippen LogP) is 1.99. The number of aryl methyl sites for hydroxylation is 1. The van der Waals surface area contributed by atoms with Crippen molar-refractivity contribution in [1.29, 1.82) is 0 Å². The van der Waals surface area contributed by atoms with E-state index < -0.39 is 0 Å². The lowest BCUT2D eigenvalue weighted by Crippen LogP contribution is -2.48. The molecule has 1 aliphatic heterocycles. The van der Waals surface area contributed by atoms with Gasteiger partial charge in [-0.3, -0.25) is 4.99 Å². The molecule has 6 heteroatoms. The minimum Gasteiger partial charge on any atom is -0.354 e. The van der Waals surface area contributed by atoms with Crippen LogP contribution in [0.1, 0.15) is 36.1 Å². The van der Waals surface area contributed by atoms with E-state index in [0.717, 1.165) is 17.5 Å². The molecule has 0 unspecified atom stereocenters. The first kappa shape index (κ1) is 16.2. The summed E-state index contributed by atoms with van der Waals surface area (Å²) in [5, 5.41) is 8.00. The number of nitrogens with zero attached hydrogens (tertiary/aromatic N) is 3. The molecule has 0 atom stereocenters. The molecule has 0 bridgehead atoms. The Morgan fingerprint density at radius 2 is 2.24 bits per heavy atom. The molecule has 0 aromatic carbocycles. The van der Waals surface area contributed by atoms with E-state index in [0.29, 0.717) is 6.04 Å². The number of guanidine groups is 1. The van der Waals surface area contributed by atoms with Crippen molar-refractivity contribution in [3.05, 3.63) is 16.1 Å². The van der Waals surface area contributed by atoms with Gasteiger partial charge in [-0.05, 0) is 32.7 Å². The highest BCUT2D eigenvalue weighted by Crippen LogP contribution is 2.12. The van der Waals surface area contributed by atoms with Gasteiger partial charge in [-0.25, -0.2) is 4.98 Å². The summed E-state index contributed by atoms with van der Waals surface area (Å²) >= 11 is 1.73. The van der Waals surface area contributed by atoms with Gasteiger partial charge >= 0.3 is 0 Å². The van der Waals surface area contributed by atoms with Gasteiger partial charge in [-0.1, -0.05) is 6.92 Å². The average Bonchev–Trinajstić information content (AvgIpc) is 2.91. The first-order valence-electron chi connectivity index (χ1n) is 7.82. The maximum atomic E-state index is 4.37. The van der Waals surface area contributed by atoms with E-state index in [-0.39, 0.29) is 0 Å². The van der Waals surface area contributed by atoms with E-state index in [2.05, 4.69) is 39.4 Å². The van der Waals surface area contributed by atoms with Gasteiger partial charge in [0.1, 0.15) is 5.01 Å². The van der Waals surface area contributed by atoms with Crippen molar-refractivity contribution in [3.8, 4) is 0 Å². The van der Waals surface area contributed by atoms with E-state index >= 15 is 0 Å². The standard InChI is InChI=1S/C15H27N5S/c1-4-7-20-8-5-13(6-9-20)19-15(16-3)18-11-14-17-10-12(2)21-14/h10,13H,4-9,11H2,1-3H3,(H2,16,18,19). The van der Waals surface area contributed by atoms with Gasteiger partial charge in [0.2, 0.25) is 0 Å². The number of piperidine rings is 1. The molecule has 0 aliphatic carbocycles. The lowest BCUT2D eigenvalue weighted by atomic mass is 10.1. The Hall–Kier alpha value is -1.14. The van der Waals surface area contributed by atoms with Crippen LogP contribution in [0.5, 0.6) is 0 Å². The zero-order valence-corrected chi connectivity index (χ0v) is 14.2. The lowest BCUT2D eigenvalue weighted by Gasteiger charge is -2.32. The molecule has 1 aliphatic rings. The van der Waals surface area contributed by atoms with Gasteiger partial charge < -0.3 is 15.5 Å². The summed E-state index contributed by atoms with van der Waals surface area (Å²) in [6.07, 6.45) is 5.55. The number of aromatic nitrogens is 1. The first-order valence-corrected chi connectivity index (χ1v) is 8.63. The van der Waals surface area contributed by atoms with Crippen molar-refractivity contribution in [2.75, 3.05) is 26.7 Å². The molecule has 5 nitrogen and oxygen atoms in total. The normalized spacial score (nSPS) is 18.0. The number of rotatable bonds is 5. The number of aliphatic imine (C=N–C) groups is 1. The number of likely N-dealkylation sites (tertiary alicyclic amines) is 1. The Labute approximate surface area is 131 Å². The van der Waals surface area contributed by atoms with Crippen LogP contribution in [-0.2, 0) is 6.54 Å². The number of thiazole rings is 1. The molecule has 2 rings (SSSR count). The fourth-order valence-corrected chi connectivity index (χ4v) is 3.37. The van der Waals surface area contributed by atoms with Gasteiger partial charge in [-0.15, -0.1) is 11.3 Å². The van der Waals surface area contributed by atoms with E-state index in [9.17, 15) is 0 Å². The minimum absolute atomic E-state index is 0.530. The van der Waals surface area contributed by atoms with Gasteiger partial charge in [0, 0.05) is 37.3 Å². The SMILES string of the molecule is CCCN1CCC(NC(=NC)NCc2ncc(C)s2)CC1. The molecule has 0 amide bonds. The van der Waals surface area contributed by atoms with Crippen LogP contribution in [0.2, 0.25) is 0 Å². The third-order valence-corrected chi connectivity index (χ3v) is 4.68. The van der Waals surface area contributed by atoms with Crippen LogP contribution in [0.4, 0.5) is 0 Å². The second-order valence-electron chi connectivity index (χ2n) is 5.55. The van der Waals surface area contributed by atoms with Crippen molar-refractivity contribution < 1.29 is 0 Å². The third kappa shape index (κ3) is 5.28. The topological polar surface area (TPSA) is 52.5 Å². The monoisotopic (exact) mass is 309 g/mol. The second kappa shape index (κ2) is 8.34. The Morgan fingerprint density at radius 1 is 1.48 bits per heavy atom. The number of hydrogen-bond acceptors (Lipinski definition) is 4. The number of hydrogen-bond donors (Lipinski definition) is 2. The summed E-state index contributed by atoms with van der Waals surface area (Å²) < 4.78 is 0. The van der Waals surface area contributed by atoms with Crippen molar-refractivity contribution in [1.82, 2.24) is 20.5 Å². The van der Waals surface area contributed by atoms with Crippen LogP contribution in [0.3, 0.4) is 0 Å². The van der Waals surface area contributed by atoms with Gasteiger partial charge in [-0.2, -0.15) is 0 Å². The predicted molar refractivity (Wildman–Crippen MR) is 89.9 cm³/mol. The Morgan fingerprint density at radius 3 is 2.81 bits per heavy atom. The van der Waals surface area contributed by atoms with Crippen LogP contribution in [0.25, 0.3) is 0 Å². The highest BCUT2D eigenvalue weighted by Gasteiger charge is 2.19. The molecule has 2 N–H and O–H groups in total. The van der Waals surface area contributed by atoms with E-state index in [1.165, 1.54) is 43.8 Å². The van der Waals surface area contributed by atoms with Crippen molar-refractivity contribution in [2.24, 2.45) is 4.99 Å². The molecular weight excluding hydrogens is 282 g/mol. The molecule has 21 heavy (non-hydrogen) atoms. The average molecular weight is 309 g/mol. The van der Waals surface area contributed by atoms with Crippen LogP contribution in [0, 0.1) is 6.92 Å². The quantitative estimate of drug-likeness (QED) is 0.645. The van der Waals surface area contributed by atoms with Gasteiger partial charge in [0.25, 0.3) is 0 Å². The highest BCUT2D eigenvalue weighted by molar-refractivity contribution is 7.11. The maximum absolute atomic E-state index is 4.37. The second-order valence-corrected chi connectivity index (χ2v) is 6.87. The van der Waals surface area contributed by atoms with E-state index in [1.807, 2.05) is 13.2 Å². The zero-order chi connectivity index (χ0) is 15.1. The molecule has 0 saturated carbocycles. The minimum atomic E-state index is 0.530. The molecule has 2 heterocycles. The van der Waals surface area contributed by atoms with Crippen LogP contribution < -0.4 is 10.6 Å². The molecule has 1 fully saturated rings. The van der Waals surface area contributed by atoms with Gasteiger partial charge in [0.15, 0.2) is 5.96 Å². The smallest absolute Gasteiger partial charge is 0.191 e. The highest BCUT2D eigenvalue weighted by atomic mass is 32.1. The molecule has 0 spiro atoms. The summed E-state index contributed by atoms with van der Waals surface area (Å²) in [6.45, 7) is 8.67. The Bertz CT molecular complexity index is 449. The van der Waals surface area contributed by atoms with Gasteiger partial charge in [0.05, 0.1) is 6.54 Å². The first-order chi connectivity index (χ1) is 10.2. The van der Waals surface area contributed by atoms with E-state index in [4.69, 9.17) is 0 Å². The molecule has 1 aromatic heterocycles. The summed E-state index contributed by atoms with van der Waals surface area (Å²) in [5.41, 5.74) is 0. The summed E-state index contributed by atoms with van der Waals surface area (Å²) in [6, 6.07) is 0.530. The van der Waals surface area contributed by atoms with Crippen molar-refractivity contribution in [3.63, 3.8) is 0 Å². The van der Waals surface area contributed by atoms with Crippen LogP contribution in [-0.4, -0.2) is 48.6 Å². The van der Waals surface area contributed by atoms with Crippen molar-refractivity contribution >= 4 is 17.3 Å². The third-order valence-electron chi connectivity index (χ3n) is 3.77. The van der Waals surface area contributed by atoms with Crippen molar-refractivity contribution in [2.45, 2.75) is 45.7 Å². The fourth-order valence-electron chi connectivity index (χ4n) is 2.65. The lowest BCUT2D eigenvalue weighted by molar-refractivity contribution is 0.206. The number of nitrogens with one attached hydrogen (secondary N) is 2. The molecular formula is C15H27N5S. The largest absolute Gasteiger partial charge is 0.354 e. The summed E-state index contributed by atoms with van der Waals surface area (Å²) in [5.74, 6) is 0.886. The molecule has 1 saturated heterocycles. The molecule has 0 radical (unpaired) electrons. The zero-order valence-electron chi connectivity index (χ0n) is 13.4. The fraction of sp³-hybridized carbons (Fsp3) is 0.733. The summed E-state index contributed by atoms with van der Waals surface area (Å²) in [4.78, 5) is 12.5. The van der Waals surface area contributed by atoms with Crippen LogP contribution >= 0.6 is 11.3 Å². The maximum Gasteiger partial charge on any atom is 0.191 e. The molecule has 1 aromatic rings. The Kier molecular flexibility index (Phi) is 6.45. The molecule has 118 valence electrons. The summed E-state index contributed by atoms with van der Waals surface area (Å²) in [7, 11) is 1.83. The van der Waals surface area contributed by atoms with E-state index in [1.54, 1.807) is 11.3 Å². The van der Waals surface area contributed by atoms with Crippen LogP contribution in [0.15, 0.2) is 11.2 Å².